The van der Waals surface area contributed by atoms with Gasteiger partial charge in [-0.2, -0.15) is 0 Å². The zero-order valence-corrected chi connectivity index (χ0v) is 21.6. The second kappa shape index (κ2) is 10.1. The van der Waals surface area contributed by atoms with Crippen LogP contribution < -0.4 is 19.8 Å². The van der Waals surface area contributed by atoms with Crippen LogP contribution in [0.15, 0.2) is 75.9 Å². The van der Waals surface area contributed by atoms with Gasteiger partial charge >= 0.3 is 0 Å². The van der Waals surface area contributed by atoms with Crippen molar-refractivity contribution in [2.45, 2.75) is 40.2 Å². The molecular weight excluding hydrogens is 466 g/mol. The van der Waals surface area contributed by atoms with Crippen LogP contribution >= 0.6 is 0 Å². The molecule has 0 bridgehead atoms. The lowest BCUT2D eigenvalue weighted by atomic mass is 9.97. The average molecular weight is 498 g/mol. The molecule has 3 aromatic carbocycles. The van der Waals surface area contributed by atoms with Gasteiger partial charge in [-0.15, -0.1) is 0 Å². The van der Waals surface area contributed by atoms with E-state index in [0.29, 0.717) is 52.9 Å². The lowest BCUT2D eigenvalue weighted by Gasteiger charge is -2.25. The first-order valence-corrected chi connectivity index (χ1v) is 12.7. The van der Waals surface area contributed by atoms with Gasteiger partial charge in [-0.3, -0.25) is 14.5 Å². The van der Waals surface area contributed by atoms with Crippen molar-refractivity contribution in [3.8, 4) is 11.5 Å². The van der Waals surface area contributed by atoms with Crippen molar-refractivity contribution in [3.05, 3.63) is 99.4 Å². The molecule has 0 aliphatic carbocycles. The van der Waals surface area contributed by atoms with Crippen molar-refractivity contribution in [2.75, 3.05) is 18.1 Å². The molecule has 0 spiro atoms. The summed E-state index contributed by atoms with van der Waals surface area (Å²) >= 11 is 0. The van der Waals surface area contributed by atoms with E-state index in [2.05, 4.69) is 13.8 Å². The predicted octanol–water partition coefficient (Wildman–Crippen LogP) is 6.67. The van der Waals surface area contributed by atoms with E-state index in [-0.39, 0.29) is 17.1 Å². The first-order valence-electron chi connectivity index (χ1n) is 12.7. The zero-order valence-electron chi connectivity index (χ0n) is 21.6. The number of carbonyl (C=O) groups excluding carboxylic acids is 1. The van der Waals surface area contributed by atoms with E-state index < -0.39 is 6.04 Å². The number of amides is 1. The summed E-state index contributed by atoms with van der Waals surface area (Å²) in [5, 5.41) is 0.467. The van der Waals surface area contributed by atoms with Crippen molar-refractivity contribution in [2.24, 2.45) is 5.92 Å². The maximum Gasteiger partial charge on any atom is 0.295 e. The SMILES string of the molecule is CCOc1ccc(N2C(=O)c3oc4ccc(C)cc4c(=O)c3C2c2cccc(OCCC(C)C)c2)cc1. The number of rotatable bonds is 8. The number of ether oxygens (including phenoxy) is 2. The molecule has 1 aliphatic rings. The van der Waals surface area contributed by atoms with Crippen LogP contribution in [0.3, 0.4) is 0 Å². The Morgan fingerprint density at radius 1 is 0.946 bits per heavy atom. The van der Waals surface area contributed by atoms with E-state index in [1.165, 1.54) is 0 Å². The summed E-state index contributed by atoms with van der Waals surface area (Å²) < 4.78 is 17.7. The Morgan fingerprint density at radius 2 is 1.73 bits per heavy atom. The molecule has 0 saturated carbocycles. The van der Waals surface area contributed by atoms with Crippen LogP contribution in [0.4, 0.5) is 5.69 Å². The fourth-order valence-electron chi connectivity index (χ4n) is 4.72. The van der Waals surface area contributed by atoms with E-state index in [0.717, 1.165) is 17.5 Å². The van der Waals surface area contributed by atoms with Crippen LogP contribution in [0.25, 0.3) is 11.0 Å². The molecule has 1 unspecified atom stereocenters. The van der Waals surface area contributed by atoms with Crippen LogP contribution in [0.1, 0.15) is 60.5 Å². The lowest BCUT2D eigenvalue weighted by molar-refractivity contribution is 0.0971. The molecular formula is C31H31NO5. The first-order chi connectivity index (χ1) is 17.9. The van der Waals surface area contributed by atoms with Gasteiger partial charge in [0.05, 0.1) is 30.2 Å². The Labute approximate surface area is 216 Å². The quantitative estimate of drug-likeness (QED) is 0.272. The number of hydrogen-bond donors (Lipinski definition) is 0. The van der Waals surface area contributed by atoms with Gasteiger partial charge in [-0.1, -0.05) is 37.6 Å². The highest BCUT2D eigenvalue weighted by Crippen LogP contribution is 2.42. The summed E-state index contributed by atoms with van der Waals surface area (Å²) in [5.41, 5.74) is 2.93. The van der Waals surface area contributed by atoms with E-state index in [9.17, 15) is 9.59 Å². The van der Waals surface area contributed by atoms with Gasteiger partial charge in [0.2, 0.25) is 5.76 Å². The largest absolute Gasteiger partial charge is 0.494 e. The monoisotopic (exact) mass is 497 g/mol. The topological polar surface area (TPSA) is 69.0 Å². The fourth-order valence-corrected chi connectivity index (χ4v) is 4.72. The molecule has 1 aromatic heterocycles. The molecule has 0 N–H and O–H groups in total. The van der Waals surface area contributed by atoms with E-state index in [1.807, 2.05) is 74.5 Å². The standard InChI is InChI=1S/C31H31NO5/c1-5-35-23-12-10-22(11-13-23)32-28(21-7-6-8-24(18-21)36-16-15-19(2)3)27-29(33)25-17-20(4)9-14-26(25)37-30(27)31(32)34/h6-14,17-19,28H,5,15-16H2,1-4H3. The number of anilines is 1. The minimum Gasteiger partial charge on any atom is -0.494 e. The van der Waals surface area contributed by atoms with Crippen molar-refractivity contribution in [3.63, 3.8) is 0 Å². The summed E-state index contributed by atoms with van der Waals surface area (Å²) in [4.78, 5) is 29.3. The third-order valence-corrected chi connectivity index (χ3v) is 6.59. The number of benzene rings is 3. The average Bonchev–Trinajstić information content (AvgIpc) is 3.18. The molecule has 6 nitrogen and oxygen atoms in total. The molecule has 5 rings (SSSR count). The molecule has 190 valence electrons. The van der Waals surface area contributed by atoms with Gasteiger partial charge in [-0.25, -0.2) is 0 Å². The van der Waals surface area contributed by atoms with Gasteiger partial charge in [-0.05, 0) is 80.3 Å². The number of nitrogens with zero attached hydrogens (tertiary/aromatic N) is 1. The molecule has 1 amide bonds. The van der Waals surface area contributed by atoms with Crippen LogP contribution in [-0.2, 0) is 0 Å². The summed E-state index contributed by atoms with van der Waals surface area (Å²) in [5.74, 6) is 1.66. The van der Waals surface area contributed by atoms with Gasteiger partial charge < -0.3 is 13.9 Å². The normalized spacial score (nSPS) is 14.9. The molecule has 0 radical (unpaired) electrons. The Kier molecular flexibility index (Phi) is 6.74. The van der Waals surface area contributed by atoms with Gasteiger partial charge in [0.15, 0.2) is 5.43 Å². The smallest absolute Gasteiger partial charge is 0.295 e. The fraction of sp³-hybridized carbons (Fsp3) is 0.290. The molecule has 1 atom stereocenters. The first kappa shape index (κ1) is 24.6. The Morgan fingerprint density at radius 3 is 2.46 bits per heavy atom. The number of fused-ring (bicyclic) bond motifs is 2. The minimum atomic E-state index is -0.657. The Bertz CT molecular complexity index is 1500. The Balaban J connectivity index is 1.65. The number of hydrogen-bond acceptors (Lipinski definition) is 5. The van der Waals surface area contributed by atoms with Gasteiger partial charge in [0.25, 0.3) is 5.91 Å². The van der Waals surface area contributed by atoms with Gasteiger partial charge in [0, 0.05) is 5.69 Å². The van der Waals surface area contributed by atoms with Crippen molar-refractivity contribution < 1.29 is 18.7 Å². The lowest BCUT2D eigenvalue weighted by Crippen LogP contribution is -2.29. The third-order valence-electron chi connectivity index (χ3n) is 6.59. The van der Waals surface area contributed by atoms with E-state index in [4.69, 9.17) is 13.9 Å². The second-order valence-corrected chi connectivity index (χ2v) is 9.78. The van der Waals surface area contributed by atoms with Crippen molar-refractivity contribution >= 4 is 22.6 Å². The van der Waals surface area contributed by atoms with Crippen LogP contribution in [0, 0.1) is 12.8 Å². The molecule has 1 aliphatic heterocycles. The summed E-state index contributed by atoms with van der Waals surface area (Å²) in [7, 11) is 0. The highest BCUT2D eigenvalue weighted by molar-refractivity contribution is 6.10. The van der Waals surface area contributed by atoms with E-state index in [1.54, 1.807) is 11.0 Å². The maximum absolute atomic E-state index is 13.9. The van der Waals surface area contributed by atoms with E-state index >= 15 is 0 Å². The molecule has 2 heterocycles. The summed E-state index contributed by atoms with van der Waals surface area (Å²) in [6, 6.07) is 19.7. The molecule has 0 saturated heterocycles. The molecule has 0 fully saturated rings. The minimum absolute atomic E-state index is 0.0753. The van der Waals surface area contributed by atoms with Gasteiger partial charge in [0.1, 0.15) is 17.1 Å². The number of aryl methyl sites for hydroxylation is 1. The summed E-state index contributed by atoms with van der Waals surface area (Å²) in [6.45, 7) is 9.30. The zero-order chi connectivity index (χ0) is 26.1. The van der Waals surface area contributed by atoms with Crippen LogP contribution in [0.2, 0.25) is 0 Å². The molecule has 6 heteroatoms. The van der Waals surface area contributed by atoms with Crippen molar-refractivity contribution in [1.29, 1.82) is 0 Å². The highest BCUT2D eigenvalue weighted by Gasteiger charge is 2.43. The molecule has 37 heavy (non-hydrogen) atoms. The predicted molar refractivity (Wildman–Crippen MR) is 145 cm³/mol. The highest BCUT2D eigenvalue weighted by atomic mass is 16.5. The molecule has 4 aromatic rings. The second-order valence-electron chi connectivity index (χ2n) is 9.78. The van der Waals surface area contributed by atoms with Crippen LogP contribution in [0.5, 0.6) is 11.5 Å². The number of carbonyl (C=O) groups is 1. The Hall–Kier alpha value is -4.06. The summed E-state index contributed by atoms with van der Waals surface area (Å²) in [6.07, 6.45) is 0.933. The van der Waals surface area contributed by atoms with Crippen molar-refractivity contribution in [1.82, 2.24) is 0 Å². The van der Waals surface area contributed by atoms with Crippen LogP contribution in [-0.4, -0.2) is 19.1 Å². The third kappa shape index (κ3) is 4.71. The maximum atomic E-state index is 13.9.